The third-order valence-corrected chi connectivity index (χ3v) is 4.70. The summed E-state index contributed by atoms with van der Waals surface area (Å²) in [6, 6.07) is 2.13. The van der Waals surface area contributed by atoms with E-state index in [4.69, 9.17) is 0 Å². The molecule has 0 unspecified atom stereocenters. The summed E-state index contributed by atoms with van der Waals surface area (Å²) in [6.45, 7) is 4.25. The van der Waals surface area contributed by atoms with Crippen LogP contribution in [-0.2, 0) is 0 Å². The molecule has 2 fully saturated rings. The standard InChI is InChI=1S/C16H25N3O2/c1-10(2)19-8-7-14(18-19)16(21)17-15(12-5-6-12)13(9-20)11-3-4-11/h7-8,10-13,15,20H,3-6,9H2,1-2H3,(H,17,21)/t13-,15+/m1/s1. The van der Waals surface area contributed by atoms with Gasteiger partial charge in [0.25, 0.3) is 5.91 Å². The highest BCUT2D eigenvalue weighted by Crippen LogP contribution is 2.45. The number of carbonyl (C=O) groups excluding carboxylic acids is 1. The summed E-state index contributed by atoms with van der Waals surface area (Å²) >= 11 is 0. The molecule has 2 atom stereocenters. The van der Waals surface area contributed by atoms with Gasteiger partial charge in [-0.25, -0.2) is 0 Å². The maximum Gasteiger partial charge on any atom is 0.272 e. The van der Waals surface area contributed by atoms with Crippen LogP contribution >= 0.6 is 0 Å². The summed E-state index contributed by atoms with van der Waals surface area (Å²) in [5.74, 6) is 1.24. The first-order valence-corrected chi connectivity index (χ1v) is 8.07. The second-order valence-electron chi connectivity index (χ2n) is 6.80. The van der Waals surface area contributed by atoms with Gasteiger partial charge in [0, 0.05) is 30.8 Å². The van der Waals surface area contributed by atoms with E-state index >= 15 is 0 Å². The van der Waals surface area contributed by atoms with Crippen LogP contribution in [0.4, 0.5) is 0 Å². The summed E-state index contributed by atoms with van der Waals surface area (Å²) in [4.78, 5) is 12.4. The monoisotopic (exact) mass is 291 g/mol. The van der Waals surface area contributed by atoms with Gasteiger partial charge in [-0.05, 0) is 57.4 Å². The van der Waals surface area contributed by atoms with Gasteiger partial charge in [-0.15, -0.1) is 0 Å². The Morgan fingerprint density at radius 2 is 2.05 bits per heavy atom. The van der Waals surface area contributed by atoms with Crippen molar-refractivity contribution in [1.82, 2.24) is 15.1 Å². The van der Waals surface area contributed by atoms with Crippen molar-refractivity contribution < 1.29 is 9.90 Å². The van der Waals surface area contributed by atoms with Gasteiger partial charge in [0.1, 0.15) is 5.69 Å². The Morgan fingerprint density at radius 1 is 1.38 bits per heavy atom. The van der Waals surface area contributed by atoms with Crippen LogP contribution < -0.4 is 5.32 Å². The fourth-order valence-electron chi connectivity index (χ4n) is 3.08. The lowest BCUT2D eigenvalue weighted by Gasteiger charge is -2.26. The smallest absolute Gasteiger partial charge is 0.272 e. The molecule has 2 N–H and O–H groups in total. The number of carbonyl (C=O) groups is 1. The van der Waals surface area contributed by atoms with E-state index in [1.807, 2.05) is 20.0 Å². The molecular weight excluding hydrogens is 266 g/mol. The number of nitrogens with one attached hydrogen (secondary N) is 1. The zero-order valence-corrected chi connectivity index (χ0v) is 12.8. The average molecular weight is 291 g/mol. The Bertz CT molecular complexity index is 503. The SMILES string of the molecule is CC(C)n1ccc(C(=O)N[C@@H](C2CC2)[C@H](CO)C2CC2)n1. The molecule has 5 heteroatoms. The number of aliphatic hydroxyl groups excluding tert-OH is 1. The van der Waals surface area contributed by atoms with E-state index in [0.717, 1.165) is 12.8 Å². The van der Waals surface area contributed by atoms with Crippen LogP contribution in [0, 0.1) is 17.8 Å². The molecule has 5 nitrogen and oxygen atoms in total. The van der Waals surface area contributed by atoms with Gasteiger partial charge in [-0.1, -0.05) is 0 Å². The molecule has 2 aliphatic rings. The second kappa shape index (κ2) is 5.79. The van der Waals surface area contributed by atoms with E-state index in [9.17, 15) is 9.90 Å². The number of hydrogen-bond donors (Lipinski definition) is 2. The van der Waals surface area contributed by atoms with E-state index < -0.39 is 0 Å². The molecule has 0 aromatic carbocycles. The maximum absolute atomic E-state index is 12.4. The minimum Gasteiger partial charge on any atom is -0.396 e. The number of hydrogen-bond acceptors (Lipinski definition) is 3. The summed E-state index contributed by atoms with van der Waals surface area (Å²) in [5, 5.41) is 17.1. The highest BCUT2D eigenvalue weighted by atomic mass is 16.3. The molecule has 0 spiro atoms. The third-order valence-electron chi connectivity index (χ3n) is 4.70. The molecule has 1 amide bonds. The van der Waals surface area contributed by atoms with Crippen molar-refractivity contribution in [3.63, 3.8) is 0 Å². The van der Waals surface area contributed by atoms with Crippen LogP contribution in [0.25, 0.3) is 0 Å². The van der Waals surface area contributed by atoms with Crippen molar-refractivity contribution in [2.45, 2.75) is 51.6 Å². The van der Waals surface area contributed by atoms with Gasteiger partial charge >= 0.3 is 0 Å². The quantitative estimate of drug-likeness (QED) is 0.807. The van der Waals surface area contributed by atoms with Crippen LogP contribution in [-0.4, -0.2) is 33.4 Å². The first-order valence-electron chi connectivity index (χ1n) is 8.07. The van der Waals surface area contributed by atoms with Gasteiger partial charge in [0.05, 0.1) is 0 Å². The minimum absolute atomic E-state index is 0.106. The van der Waals surface area contributed by atoms with E-state index in [2.05, 4.69) is 10.4 Å². The fraction of sp³-hybridized carbons (Fsp3) is 0.750. The topological polar surface area (TPSA) is 67.2 Å². The molecule has 116 valence electrons. The highest BCUT2D eigenvalue weighted by molar-refractivity contribution is 5.92. The Kier molecular flexibility index (Phi) is 4.02. The van der Waals surface area contributed by atoms with Crippen molar-refractivity contribution in [2.75, 3.05) is 6.61 Å². The van der Waals surface area contributed by atoms with Crippen LogP contribution in [0.15, 0.2) is 12.3 Å². The molecule has 0 aliphatic heterocycles. The first kappa shape index (κ1) is 14.6. The van der Waals surface area contributed by atoms with E-state index in [1.165, 1.54) is 12.8 Å². The van der Waals surface area contributed by atoms with Gasteiger partial charge in [-0.3, -0.25) is 9.48 Å². The molecule has 21 heavy (non-hydrogen) atoms. The largest absolute Gasteiger partial charge is 0.396 e. The lowest BCUT2D eigenvalue weighted by Crippen LogP contribution is -2.44. The summed E-state index contributed by atoms with van der Waals surface area (Å²) < 4.78 is 1.80. The molecule has 0 radical (unpaired) electrons. The van der Waals surface area contributed by atoms with Gasteiger partial charge in [0.15, 0.2) is 0 Å². The molecule has 0 saturated heterocycles. The first-order chi connectivity index (χ1) is 10.1. The Balaban J connectivity index is 1.68. The van der Waals surface area contributed by atoms with Crippen molar-refractivity contribution in [3.05, 3.63) is 18.0 Å². The molecule has 1 aromatic rings. The summed E-state index contributed by atoms with van der Waals surface area (Å²) in [7, 11) is 0. The highest BCUT2D eigenvalue weighted by Gasteiger charge is 2.43. The predicted octanol–water partition coefficient (Wildman–Crippen LogP) is 1.99. The zero-order valence-electron chi connectivity index (χ0n) is 12.8. The summed E-state index contributed by atoms with van der Waals surface area (Å²) in [6.07, 6.45) is 6.54. The molecule has 0 bridgehead atoms. The van der Waals surface area contributed by atoms with Crippen LogP contribution in [0.2, 0.25) is 0 Å². The third kappa shape index (κ3) is 3.28. The summed E-state index contributed by atoms with van der Waals surface area (Å²) in [5.41, 5.74) is 0.474. The lowest BCUT2D eigenvalue weighted by molar-refractivity contribution is 0.0873. The number of nitrogens with zero attached hydrogens (tertiary/aromatic N) is 2. The van der Waals surface area contributed by atoms with Crippen molar-refractivity contribution in [1.29, 1.82) is 0 Å². The lowest BCUT2D eigenvalue weighted by atomic mass is 9.91. The molecule has 1 aromatic heterocycles. The molecule has 2 saturated carbocycles. The molecular formula is C16H25N3O2. The minimum atomic E-state index is -0.106. The average Bonchev–Trinajstić information content (AvgIpc) is 3.37. The Hall–Kier alpha value is -1.36. The van der Waals surface area contributed by atoms with Gasteiger partial charge in [0.2, 0.25) is 0 Å². The van der Waals surface area contributed by atoms with Gasteiger partial charge in [-0.2, -0.15) is 5.10 Å². The van der Waals surface area contributed by atoms with Crippen LogP contribution in [0.1, 0.15) is 56.1 Å². The number of aliphatic hydroxyl groups is 1. The second-order valence-corrected chi connectivity index (χ2v) is 6.80. The number of amides is 1. The van der Waals surface area contributed by atoms with Crippen molar-refractivity contribution >= 4 is 5.91 Å². The van der Waals surface area contributed by atoms with Gasteiger partial charge < -0.3 is 10.4 Å². The fourth-order valence-corrected chi connectivity index (χ4v) is 3.08. The van der Waals surface area contributed by atoms with E-state index in [1.54, 1.807) is 10.7 Å². The number of aromatic nitrogens is 2. The zero-order chi connectivity index (χ0) is 15.0. The molecule has 3 rings (SSSR count). The van der Waals surface area contributed by atoms with Crippen LogP contribution in [0.3, 0.4) is 0 Å². The molecule has 1 heterocycles. The van der Waals surface area contributed by atoms with Crippen molar-refractivity contribution in [3.8, 4) is 0 Å². The molecule has 2 aliphatic carbocycles. The predicted molar refractivity (Wildman–Crippen MR) is 79.9 cm³/mol. The van der Waals surface area contributed by atoms with Crippen LogP contribution in [0.5, 0.6) is 0 Å². The Labute approximate surface area is 125 Å². The van der Waals surface area contributed by atoms with Crippen molar-refractivity contribution in [2.24, 2.45) is 17.8 Å². The Morgan fingerprint density at radius 3 is 2.52 bits per heavy atom. The van der Waals surface area contributed by atoms with E-state index in [-0.39, 0.29) is 30.5 Å². The number of rotatable bonds is 7. The van der Waals surface area contributed by atoms with E-state index in [0.29, 0.717) is 17.5 Å². The normalized spacial score (nSPS) is 21.3. The maximum atomic E-state index is 12.4.